The molecule has 5 aromatic carbocycles. The summed E-state index contributed by atoms with van der Waals surface area (Å²) in [5, 5.41) is 3.78. The van der Waals surface area contributed by atoms with Crippen molar-refractivity contribution in [3.8, 4) is 44.9 Å². The molecular weight excluding hydrogens is 450 g/mol. The molecule has 0 radical (unpaired) electrons. The Morgan fingerprint density at radius 3 is 1.65 bits per heavy atom. The minimum atomic E-state index is 0.848. The quantitative estimate of drug-likeness (QED) is 0.247. The molecule has 1 heterocycles. The molecule has 1 aliphatic carbocycles. The summed E-state index contributed by atoms with van der Waals surface area (Å²) in [5.74, 6) is 0.848. The second-order valence-electron chi connectivity index (χ2n) is 9.30. The van der Waals surface area contributed by atoms with Crippen LogP contribution in [0.3, 0.4) is 0 Å². The highest BCUT2D eigenvalue weighted by Crippen LogP contribution is 2.52. The second-order valence-corrected chi connectivity index (χ2v) is 9.30. The molecule has 0 fully saturated rings. The number of methoxy groups -OCH3 is 1. The van der Waals surface area contributed by atoms with Gasteiger partial charge >= 0.3 is 0 Å². The fourth-order valence-electron chi connectivity index (χ4n) is 5.71. The average Bonchev–Trinajstić information content (AvgIpc) is 3.33. The monoisotopic (exact) mass is 475 g/mol. The summed E-state index contributed by atoms with van der Waals surface area (Å²) < 4.78 is 7.89. The molecule has 0 bridgehead atoms. The molecule has 37 heavy (non-hydrogen) atoms. The van der Waals surface area contributed by atoms with Gasteiger partial charge in [-0.3, -0.25) is 0 Å². The van der Waals surface area contributed by atoms with Crippen LogP contribution in [0, 0.1) is 0 Å². The molecule has 0 N–H and O–H groups in total. The molecule has 2 heteroatoms. The van der Waals surface area contributed by atoms with E-state index in [0.29, 0.717) is 0 Å². The van der Waals surface area contributed by atoms with Crippen LogP contribution in [0.1, 0.15) is 0 Å². The molecule has 0 spiro atoms. The summed E-state index contributed by atoms with van der Waals surface area (Å²) in [6.07, 6.45) is 0. The zero-order valence-electron chi connectivity index (χ0n) is 20.6. The zero-order valence-corrected chi connectivity index (χ0v) is 20.6. The standard InChI is InChI=1S/C35H25NO/c1-37-27-22-20-26(21-23-27)36-31-19-11-10-18-30(31)33-32(24-12-4-2-5-13-24)28-16-8-9-17-29(28)34(33)35(36)25-14-6-3-7-15-25/h2-23H,1H3. The van der Waals surface area contributed by atoms with E-state index >= 15 is 0 Å². The van der Waals surface area contributed by atoms with Crippen LogP contribution in [-0.4, -0.2) is 11.7 Å². The number of para-hydroxylation sites is 1. The van der Waals surface area contributed by atoms with Crippen LogP contribution in [0.15, 0.2) is 133 Å². The van der Waals surface area contributed by atoms with Crippen molar-refractivity contribution in [2.45, 2.75) is 0 Å². The van der Waals surface area contributed by atoms with Crippen LogP contribution in [0.2, 0.25) is 0 Å². The number of fused-ring (bicyclic) bond motifs is 5. The van der Waals surface area contributed by atoms with Gasteiger partial charge in [0.05, 0.1) is 18.3 Å². The van der Waals surface area contributed by atoms with E-state index in [9.17, 15) is 0 Å². The van der Waals surface area contributed by atoms with E-state index in [2.05, 4.69) is 126 Å². The Balaban J connectivity index is 1.75. The van der Waals surface area contributed by atoms with Crippen molar-refractivity contribution in [1.29, 1.82) is 0 Å². The first-order chi connectivity index (χ1) is 18.3. The van der Waals surface area contributed by atoms with Gasteiger partial charge in [0.1, 0.15) is 5.75 Å². The van der Waals surface area contributed by atoms with Crippen LogP contribution in [-0.2, 0) is 0 Å². The molecule has 0 saturated carbocycles. The number of rotatable bonds is 4. The fourth-order valence-corrected chi connectivity index (χ4v) is 5.71. The number of nitrogens with zero attached hydrogens (tertiary/aromatic N) is 1. The van der Waals surface area contributed by atoms with E-state index in [0.717, 1.165) is 11.4 Å². The summed E-state index contributed by atoms with van der Waals surface area (Å²) in [6, 6.07) is 47.5. The van der Waals surface area contributed by atoms with Crippen LogP contribution >= 0.6 is 0 Å². The number of hydrogen-bond donors (Lipinski definition) is 0. The maximum absolute atomic E-state index is 5.48. The predicted molar refractivity (Wildman–Crippen MR) is 155 cm³/mol. The molecule has 1 aliphatic heterocycles. The number of hydrogen-bond acceptors (Lipinski definition) is 1. The number of pyridine rings is 1. The van der Waals surface area contributed by atoms with Gasteiger partial charge in [0.2, 0.25) is 0 Å². The SMILES string of the molecule is COc1ccc(-n2c(-c3ccccc3)c3c4ccccc4c(-c4ccccc4)c-3c3ccccc32)cc1. The van der Waals surface area contributed by atoms with Crippen molar-refractivity contribution in [2.75, 3.05) is 7.11 Å². The lowest BCUT2D eigenvalue weighted by Gasteiger charge is -2.24. The molecule has 0 atom stereocenters. The molecule has 176 valence electrons. The van der Waals surface area contributed by atoms with Gasteiger partial charge in [0, 0.05) is 22.2 Å². The van der Waals surface area contributed by atoms with E-state index in [1.807, 2.05) is 12.1 Å². The Bertz CT molecular complexity index is 1830. The molecule has 0 aromatic heterocycles. The Morgan fingerprint density at radius 2 is 1.00 bits per heavy atom. The van der Waals surface area contributed by atoms with Crippen molar-refractivity contribution in [3.63, 3.8) is 0 Å². The van der Waals surface area contributed by atoms with Crippen LogP contribution in [0.25, 0.3) is 60.9 Å². The van der Waals surface area contributed by atoms with Crippen molar-refractivity contribution < 1.29 is 4.74 Å². The Kier molecular flexibility index (Phi) is 5.04. The maximum Gasteiger partial charge on any atom is 0.119 e. The lowest BCUT2D eigenvalue weighted by molar-refractivity contribution is 0.415. The minimum Gasteiger partial charge on any atom is -0.497 e. The lowest BCUT2D eigenvalue weighted by atomic mass is 9.91. The zero-order chi connectivity index (χ0) is 24.8. The first kappa shape index (κ1) is 21.5. The Morgan fingerprint density at radius 1 is 0.459 bits per heavy atom. The van der Waals surface area contributed by atoms with E-state index < -0.39 is 0 Å². The second kappa shape index (κ2) is 8.69. The normalized spacial score (nSPS) is 11.4. The molecular formula is C35H25NO. The van der Waals surface area contributed by atoms with Crippen LogP contribution in [0.4, 0.5) is 0 Å². The number of benzene rings is 5. The predicted octanol–water partition coefficient (Wildman–Crippen LogP) is 9.23. The van der Waals surface area contributed by atoms with Gasteiger partial charge in [0.25, 0.3) is 0 Å². The minimum absolute atomic E-state index is 0.848. The van der Waals surface area contributed by atoms with Crippen molar-refractivity contribution >= 4 is 21.7 Å². The molecule has 5 aromatic rings. The van der Waals surface area contributed by atoms with Gasteiger partial charge in [0.15, 0.2) is 0 Å². The number of ether oxygens (including phenoxy) is 1. The van der Waals surface area contributed by atoms with Gasteiger partial charge in [-0.25, -0.2) is 0 Å². The van der Waals surface area contributed by atoms with Gasteiger partial charge in [-0.1, -0.05) is 103 Å². The highest BCUT2D eigenvalue weighted by atomic mass is 16.5. The third kappa shape index (κ3) is 3.34. The van der Waals surface area contributed by atoms with Gasteiger partial charge in [-0.05, 0) is 57.8 Å². The molecule has 7 rings (SSSR count). The largest absolute Gasteiger partial charge is 0.497 e. The average molecular weight is 476 g/mol. The van der Waals surface area contributed by atoms with Crippen molar-refractivity contribution in [1.82, 2.24) is 4.57 Å². The molecule has 0 amide bonds. The highest BCUT2D eigenvalue weighted by Gasteiger charge is 2.28. The molecule has 0 saturated heterocycles. The first-order valence-corrected chi connectivity index (χ1v) is 12.6. The summed E-state index contributed by atoms with van der Waals surface area (Å²) in [7, 11) is 1.71. The van der Waals surface area contributed by atoms with E-state index in [1.165, 1.54) is 55.2 Å². The lowest BCUT2D eigenvalue weighted by Crippen LogP contribution is -2.05. The molecule has 0 unspecified atom stereocenters. The van der Waals surface area contributed by atoms with Gasteiger partial charge in [-0.15, -0.1) is 0 Å². The van der Waals surface area contributed by atoms with Crippen LogP contribution in [0.5, 0.6) is 5.75 Å². The summed E-state index contributed by atoms with van der Waals surface area (Å²) in [4.78, 5) is 0. The van der Waals surface area contributed by atoms with E-state index in [1.54, 1.807) is 7.11 Å². The van der Waals surface area contributed by atoms with Crippen molar-refractivity contribution in [2.24, 2.45) is 0 Å². The topological polar surface area (TPSA) is 14.2 Å². The third-order valence-corrected chi connectivity index (χ3v) is 7.28. The van der Waals surface area contributed by atoms with Crippen molar-refractivity contribution in [3.05, 3.63) is 133 Å². The van der Waals surface area contributed by atoms with E-state index in [-0.39, 0.29) is 0 Å². The third-order valence-electron chi connectivity index (χ3n) is 7.28. The fraction of sp³-hybridized carbons (Fsp3) is 0.0286. The summed E-state index contributed by atoms with van der Waals surface area (Å²) >= 11 is 0. The number of aromatic nitrogens is 1. The molecule has 2 aliphatic rings. The maximum atomic E-state index is 5.48. The Hall–Kier alpha value is -4.82. The van der Waals surface area contributed by atoms with E-state index in [4.69, 9.17) is 4.74 Å². The summed E-state index contributed by atoms with van der Waals surface area (Å²) in [5.41, 5.74) is 9.75. The van der Waals surface area contributed by atoms with Gasteiger partial charge < -0.3 is 9.30 Å². The highest BCUT2D eigenvalue weighted by molar-refractivity contribution is 6.24. The Labute approximate surface area is 216 Å². The smallest absolute Gasteiger partial charge is 0.119 e. The van der Waals surface area contributed by atoms with Gasteiger partial charge in [-0.2, -0.15) is 0 Å². The summed E-state index contributed by atoms with van der Waals surface area (Å²) in [6.45, 7) is 0. The first-order valence-electron chi connectivity index (χ1n) is 12.6. The molecule has 2 nitrogen and oxygen atoms in total. The van der Waals surface area contributed by atoms with Crippen LogP contribution < -0.4 is 4.74 Å².